The van der Waals surface area contributed by atoms with Gasteiger partial charge in [0.15, 0.2) is 0 Å². The van der Waals surface area contributed by atoms with Crippen molar-refractivity contribution < 1.29 is 24.7 Å². The van der Waals surface area contributed by atoms with Crippen molar-refractivity contribution in [1.29, 1.82) is 0 Å². The highest BCUT2D eigenvalue weighted by atomic mass is 16.5. The number of carboxylic acids is 1. The van der Waals surface area contributed by atoms with Crippen LogP contribution in [0.2, 0.25) is 0 Å². The van der Waals surface area contributed by atoms with Crippen LogP contribution in [0.25, 0.3) is 11.1 Å². The second-order valence-electron chi connectivity index (χ2n) is 10.1. The van der Waals surface area contributed by atoms with E-state index in [0.717, 1.165) is 23.1 Å². The Hall–Kier alpha value is -3.39. The smallest absolute Gasteiger partial charge is 0.326 e. The monoisotopic (exact) mass is 497 g/mol. The Bertz CT molecular complexity index is 976. The molecule has 0 aliphatic rings. The van der Waals surface area contributed by atoms with Crippen LogP contribution in [0.1, 0.15) is 46.1 Å². The molecule has 0 aliphatic carbocycles. The van der Waals surface area contributed by atoms with Gasteiger partial charge >= 0.3 is 12.0 Å². The number of hydrogen-bond acceptors (Lipinski definition) is 4. The predicted molar refractivity (Wildman–Crippen MR) is 139 cm³/mol. The maximum absolute atomic E-state index is 13.2. The molecular formula is C28H39N3O5. The molecule has 0 spiro atoms. The molecule has 0 heterocycles. The summed E-state index contributed by atoms with van der Waals surface area (Å²) in [5.74, 6) is -1.82. The van der Waals surface area contributed by atoms with E-state index in [1.807, 2.05) is 82.3 Å². The van der Waals surface area contributed by atoms with Crippen LogP contribution in [0.5, 0.6) is 0 Å². The second kappa shape index (κ2) is 14.2. The van der Waals surface area contributed by atoms with Gasteiger partial charge in [-0.2, -0.15) is 0 Å². The van der Waals surface area contributed by atoms with Gasteiger partial charge in [-0.25, -0.2) is 15.1 Å². The molecular weight excluding hydrogens is 458 g/mol. The highest BCUT2D eigenvalue weighted by molar-refractivity contribution is 5.84. The van der Waals surface area contributed by atoms with E-state index in [1.165, 1.54) is 4.90 Å². The van der Waals surface area contributed by atoms with E-state index in [1.54, 1.807) is 5.48 Å². The Morgan fingerprint density at radius 2 is 1.44 bits per heavy atom. The van der Waals surface area contributed by atoms with E-state index < -0.39 is 29.9 Å². The molecule has 36 heavy (non-hydrogen) atoms. The van der Waals surface area contributed by atoms with Crippen LogP contribution in [0.15, 0.2) is 54.6 Å². The fourth-order valence-corrected chi connectivity index (χ4v) is 4.02. The zero-order chi connectivity index (χ0) is 26.7. The van der Waals surface area contributed by atoms with Gasteiger partial charge in [0, 0.05) is 19.5 Å². The van der Waals surface area contributed by atoms with Crippen LogP contribution >= 0.6 is 0 Å². The second-order valence-corrected chi connectivity index (χ2v) is 10.1. The molecule has 8 heteroatoms. The van der Waals surface area contributed by atoms with Gasteiger partial charge in [-0.15, -0.1) is 0 Å². The Kier molecular flexibility index (Phi) is 11.4. The third kappa shape index (κ3) is 9.34. The molecule has 2 rings (SSSR count). The molecule has 0 aromatic heterocycles. The van der Waals surface area contributed by atoms with Gasteiger partial charge < -0.3 is 15.3 Å². The van der Waals surface area contributed by atoms with Crippen molar-refractivity contribution >= 4 is 17.9 Å². The van der Waals surface area contributed by atoms with Crippen LogP contribution in [0.3, 0.4) is 0 Å². The number of rotatable bonds is 13. The molecule has 0 radical (unpaired) electrons. The average molecular weight is 498 g/mol. The summed E-state index contributed by atoms with van der Waals surface area (Å²) in [5, 5.41) is 21.6. The molecule has 0 saturated carbocycles. The Morgan fingerprint density at radius 3 is 1.97 bits per heavy atom. The first-order valence-corrected chi connectivity index (χ1v) is 12.5. The lowest BCUT2D eigenvalue weighted by Gasteiger charge is -2.30. The fourth-order valence-electron chi connectivity index (χ4n) is 4.02. The number of hydroxylamine groups is 1. The molecule has 4 N–H and O–H groups in total. The van der Waals surface area contributed by atoms with E-state index in [-0.39, 0.29) is 18.9 Å². The molecule has 2 aromatic rings. The molecule has 0 unspecified atom stereocenters. The summed E-state index contributed by atoms with van der Waals surface area (Å²) in [5.41, 5.74) is 4.57. The van der Waals surface area contributed by atoms with Crippen LogP contribution in [0, 0.1) is 17.8 Å². The maximum Gasteiger partial charge on any atom is 0.326 e. The summed E-state index contributed by atoms with van der Waals surface area (Å²) in [4.78, 5) is 38.9. The van der Waals surface area contributed by atoms with Gasteiger partial charge in [-0.05, 0) is 34.9 Å². The minimum absolute atomic E-state index is 0.0846. The molecule has 0 bridgehead atoms. The lowest BCUT2D eigenvalue weighted by molar-refractivity contribution is -0.139. The van der Waals surface area contributed by atoms with E-state index in [0.29, 0.717) is 18.9 Å². The van der Waals surface area contributed by atoms with Crippen LogP contribution < -0.4 is 10.8 Å². The Morgan fingerprint density at radius 1 is 0.833 bits per heavy atom. The van der Waals surface area contributed by atoms with E-state index in [4.69, 9.17) is 0 Å². The number of carbonyl (C=O) groups is 3. The van der Waals surface area contributed by atoms with Crippen molar-refractivity contribution in [2.24, 2.45) is 17.8 Å². The first-order chi connectivity index (χ1) is 17.1. The number of carbonyl (C=O) groups excluding carboxylic acids is 2. The van der Waals surface area contributed by atoms with Gasteiger partial charge in [0.25, 0.3) is 0 Å². The van der Waals surface area contributed by atoms with Gasteiger partial charge in [0.2, 0.25) is 5.91 Å². The standard InChI is InChI=1S/C28H39N3O5/c1-19(2)10-13-24(26(32)30-36)18-31(17-20(3)4)28(35)29-25(27(33)34)16-21-11-14-23(15-12-21)22-8-6-5-7-9-22/h5-9,11-12,14-15,19-20,24-25,36H,10,13,16-18H2,1-4H3,(H,29,35)(H,30,32)(H,33,34)/t24-,25-/m0/s1. The van der Waals surface area contributed by atoms with Crippen molar-refractivity contribution in [3.05, 3.63) is 60.2 Å². The molecule has 3 amide bonds. The molecule has 0 fully saturated rings. The number of amides is 3. The quantitative estimate of drug-likeness (QED) is 0.239. The fraction of sp³-hybridized carbons (Fsp3) is 0.464. The number of urea groups is 1. The Balaban J connectivity index is 2.13. The number of hydrogen-bond donors (Lipinski definition) is 4. The third-order valence-corrected chi connectivity index (χ3v) is 5.98. The summed E-state index contributed by atoms with van der Waals surface area (Å²) >= 11 is 0. The summed E-state index contributed by atoms with van der Waals surface area (Å²) in [6.45, 7) is 8.39. The number of benzene rings is 2. The van der Waals surface area contributed by atoms with Crippen molar-refractivity contribution in [2.45, 2.75) is 53.0 Å². The summed E-state index contributed by atoms with van der Waals surface area (Å²) < 4.78 is 0. The van der Waals surface area contributed by atoms with E-state index in [2.05, 4.69) is 5.32 Å². The number of carboxylic acid groups (broad SMARTS) is 1. The van der Waals surface area contributed by atoms with Crippen molar-refractivity contribution in [3.8, 4) is 11.1 Å². The lowest BCUT2D eigenvalue weighted by atomic mass is 9.96. The summed E-state index contributed by atoms with van der Waals surface area (Å²) in [6, 6.07) is 15.8. The van der Waals surface area contributed by atoms with Gasteiger partial charge in [0.1, 0.15) is 6.04 Å². The zero-order valence-electron chi connectivity index (χ0n) is 21.6. The molecule has 0 aliphatic heterocycles. The van der Waals surface area contributed by atoms with Gasteiger partial charge in [0.05, 0.1) is 5.92 Å². The van der Waals surface area contributed by atoms with Gasteiger partial charge in [-0.3, -0.25) is 10.0 Å². The predicted octanol–water partition coefficient (Wildman–Crippen LogP) is 4.57. The van der Waals surface area contributed by atoms with E-state index >= 15 is 0 Å². The summed E-state index contributed by atoms with van der Waals surface area (Å²) in [6.07, 6.45) is 1.38. The van der Waals surface area contributed by atoms with Crippen molar-refractivity contribution in [1.82, 2.24) is 15.7 Å². The summed E-state index contributed by atoms with van der Waals surface area (Å²) in [7, 11) is 0. The van der Waals surface area contributed by atoms with Gasteiger partial charge in [-0.1, -0.05) is 88.7 Å². The van der Waals surface area contributed by atoms with Crippen LogP contribution in [0.4, 0.5) is 4.79 Å². The average Bonchev–Trinajstić information content (AvgIpc) is 2.85. The van der Waals surface area contributed by atoms with E-state index in [9.17, 15) is 24.7 Å². The van der Waals surface area contributed by atoms with Crippen LogP contribution in [-0.4, -0.2) is 52.3 Å². The molecule has 8 nitrogen and oxygen atoms in total. The minimum atomic E-state index is -1.13. The zero-order valence-corrected chi connectivity index (χ0v) is 21.6. The molecule has 0 saturated heterocycles. The number of nitrogens with one attached hydrogen (secondary N) is 2. The molecule has 2 aromatic carbocycles. The maximum atomic E-state index is 13.2. The number of nitrogens with zero attached hydrogens (tertiary/aromatic N) is 1. The topological polar surface area (TPSA) is 119 Å². The first kappa shape index (κ1) is 28.8. The third-order valence-electron chi connectivity index (χ3n) is 5.98. The van der Waals surface area contributed by atoms with Crippen LogP contribution in [-0.2, 0) is 16.0 Å². The van der Waals surface area contributed by atoms with Crippen molar-refractivity contribution in [3.63, 3.8) is 0 Å². The SMILES string of the molecule is CC(C)CC[C@@H](CN(CC(C)C)C(=O)N[C@@H](Cc1ccc(-c2ccccc2)cc1)C(=O)O)C(=O)NO. The molecule has 196 valence electrons. The lowest BCUT2D eigenvalue weighted by Crippen LogP contribution is -2.52. The minimum Gasteiger partial charge on any atom is -0.480 e. The normalized spacial score (nSPS) is 12.8. The first-order valence-electron chi connectivity index (χ1n) is 12.5. The highest BCUT2D eigenvalue weighted by Crippen LogP contribution is 2.20. The molecule has 2 atom stereocenters. The largest absolute Gasteiger partial charge is 0.480 e. The highest BCUT2D eigenvalue weighted by Gasteiger charge is 2.28. The Labute approximate surface area is 213 Å². The van der Waals surface area contributed by atoms with Crippen molar-refractivity contribution in [2.75, 3.05) is 13.1 Å². The number of aliphatic carboxylic acids is 1.